The van der Waals surface area contributed by atoms with Gasteiger partial charge >= 0.3 is 5.97 Å². The molecule has 3 rings (SSSR count). The second-order valence-corrected chi connectivity index (χ2v) is 5.37. The number of nitrogens with one attached hydrogen (secondary N) is 1. The standard InChI is InChI=1S/C14H18N4O2/c19-13(9-11-5-2-1-3-6-11)20-14(7-4-8-15-14)12-10-16-18-17-12/h4,7-8,10-11H,1-3,5-6,9H2,(H,16,17,18). The largest absolute Gasteiger partial charge is 0.427 e. The van der Waals surface area contributed by atoms with E-state index in [0.29, 0.717) is 18.0 Å². The fourth-order valence-electron chi connectivity index (χ4n) is 2.85. The maximum absolute atomic E-state index is 12.2. The molecule has 1 atom stereocenters. The number of aromatic amines is 1. The highest BCUT2D eigenvalue weighted by atomic mass is 16.6. The molecule has 1 aromatic heterocycles. The van der Waals surface area contributed by atoms with Crippen LogP contribution >= 0.6 is 0 Å². The van der Waals surface area contributed by atoms with Crippen molar-refractivity contribution in [2.75, 3.05) is 0 Å². The molecule has 1 fully saturated rings. The van der Waals surface area contributed by atoms with Crippen molar-refractivity contribution in [2.45, 2.75) is 44.2 Å². The zero-order chi connectivity index (χ0) is 13.8. The topological polar surface area (TPSA) is 80.2 Å². The Kier molecular flexibility index (Phi) is 3.62. The lowest BCUT2D eigenvalue weighted by molar-refractivity contribution is -0.157. The van der Waals surface area contributed by atoms with E-state index < -0.39 is 5.72 Å². The maximum Gasteiger partial charge on any atom is 0.308 e. The Morgan fingerprint density at radius 2 is 2.25 bits per heavy atom. The molecule has 0 bridgehead atoms. The summed E-state index contributed by atoms with van der Waals surface area (Å²) >= 11 is 0. The van der Waals surface area contributed by atoms with Gasteiger partial charge in [0.1, 0.15) is 0 Å². The van der Waals surface area contributed by atoms with Gasteiger partial charge in [-0.15, -0.1) is 0 Å². The van der Waals surface area contributed by atoms with Crippen molar-refractivity contribution in [1.29, 1.82) is 0 Å². The van der Waals surface area contributed by atoms with E-state index >= 15 is 0 Å². The van der Waals surface area contributed by atoms with Crippen LogP contribution in [-0.2, 0) is 15.3 Å². The Morgan fingerprint density at radius 1 is 1.40 bits per heavy atom. The van der Waals surface area contributed by atoms with Crippen LogP contribution in [0, 0.1) is 5.92 Å². The van der Waals surface area contributed by atoms with Crippen LogP contribution in [0.3, 0.4) is 0 Å². The molecule has 6 heteroatoms. The summed E-state index contributed by atoms with van der Waals surface area (Å²) in [4.78, 5) is 16.4. The second kappa shape index (κ2) is 5.56. The van der Waals surface area contributed by atoms with Gasteiger partial charge in [-0.25, -0.2) is 4.99 Å². The van der Waals surface area contributed by atoms with E-state index in [2.05, 4.69) is 20.4 Å². The van der Waals surface area contributed by atoms with Crippen LogP contribution in [0.5, 0.6) is 0 Å². The molecule has 1 unspecified atom stereocenters. The number of carbonyl (C=O) groups is 1. The summed E-state index contributed by atoms with van der Waals surface area (Å²) < 4.78 is 5.60. The summed E-state index contributed by atoms with van der Waals surface area (Å²) in [5.74, 6) is 0.226. The Labute approximate surface area is 117 Å². The number of allylic oxidation sites excluding steroid dienone is 1. The number of nitrogens with zero attached hydrogens (tertiary/aromatic N) is 3. The molecular weight excluding hydrogens is 256 g/mol. The Morgan fingerprint density at radius 3 is 2.90 bits per heavy atom. The lowest BCUT2D eigenvalue weighted by Gasteiger charge is -2.25. The Hall–Kier alpha value is -1.98. The van der Waals surface area contributed by atoms with Gasteiger partial charge in [0.15, 0.2) is 5.69 Å². The molecule has 0 aromatic carbocycles. The molecule has 1 aromatic rings. The van der Waals surface area contributed by atoms with Crippen LogP contribution in [0.2, 0.25) is 0 Å². The zero-order valence-corrected chi connectivity index (χ0v) is 11.3. The summed E-state index contributed by atoms with van der Waals surface area (Å²) in [5.41, 5.74) is -0.627. The van der Waals surface area contributed by atoms with Crippen LogP contribution < -0.4 is 0 Å². The highest BCUT2D eigenvalue weighted by Crippen LogP contribution is 2.32. The van der Waals surface area contributed by atoms with Gasteiger partial charge in [-0.2, -0.15) is 15.4 Å². The first-order chi connectivity index (χ1) is 9.78. The molecule has 0 saturated heterocycles. The van der Waals surface area contributed by atoms with E-state index in [9.17, 15) is 4.79 Å². The third-order valence-corrected chi connectivity index (χ3v) is 3.91. The van der Waals surface area contributed by atoms with Crippen molar-refractivity contribution in [3.63, 3.8) is 0 Å². The number of hydrogen-bond acceptors (Lipinski definition) is 5. The van der Waals surface area contributed by atoms with Gasteiger partial charge in [0, 0.05) is 12.6 Å². The summed E-state index contributed by atoms with van der Waals surface area (Å²) in [6.07, 6.45) is 13.0. The second-order valence-electron chi connectivity index (χ2n) is 5.37. The monoisotopic (exact) mass is 274 g/mol. The number of aliphatic imine (C=N–C) groups is 1. The molecule has 2 heterocycles. The molecule has 6 nitrogen and oxygen atoms in total. The lowest BCUT2D eigenvalue weighted by Crippen LogP contribution is -2.29. The predicted molar refractivity (Wildman–Crippen MR) is 73.0 cm³/mol. The highest BCUT2D eigenvalue weighted by Gasteiger charge is 2.37. The van der Waals surface area contributed by atoms with Crippen molar-refractivity contribution in [1.82, 2.24) is 15.4 Å². The van der Waals surface area contributed by atoms with Crippen LogP contribution in [0.15, 0.2) is 23.3 Å². The summed E-state index contributed by atoms with van der Waals surface area (Å²) in [5, 5.41) is 10.3. The van der Waals surface area contributed by atoms with Crippen molar-refractivity contribution in [3.05, 3.63) is 24.0 Å². The molecule has 106 valence electrons. The summed E-state index contributed by atoms with van der Waals surface area (Å²) in [6.45, 7) is 0. The minimum atomic E-state index is -1.13. The van der Waals surface area contributed by atoms with Crippen molar-refractivity contribution in [3.8, 4) is 0 Å². The van der Waals surface area contributed by atoms with Crippen molar-refractivity contribution >= 4 is 12.2 Å². The van der Waals surface area contributed by atoms with Crippen LogP contribution in [0.25, 0.3) is 0 Å². The first kappa shape index (κ1) is 13.0. The average molecular weight is 274 g/mol. The molecule has 20 heavy (non-hydrogen) atoms. The number of H-pyrrole nitrogens is 1. The Bertz CT molecular complexity index is 503. The SMILES string of the molecule is O=C(CC1CCCCC1)OC1(c2cn[nH]n2)C=CC=N1. The van der Waals surface area contributed by atoms with Gasteiger partial charge in [0.05, 0.1) is 6.20 Å². The Balaban J connectivity index is 1.67. The molecule has 1 N–H and O–H groups in total. The third kappa shape index (κ3) is 2.64. The number of ether oxygens (including phenoxy) is 1. The predicted octanol–water partition coefficient (Wildman–Crippen LogP) is 2.11. The van der Waals surface area contributed by atoms with E-state index in [1.54, 1.807) is 18.4 Å². The quantitative estimate of drug-likeness (QED) is 0.853. The van der Waals surface area contributed by atoms with E-state index in [0.717, 1.165) is 12.8 Å². The molecule has 1 aliphatic heterocycles. The van der Waals surface area contributed by atoms with Gasteiger partial charge < -0.3 is 4.74 Å². The molecule has 0 spiro atoms. The zero-order valence-electron chi connectivity index (χ0n) is 11.3. The van der Waals surface area contributed by atoms with E-state index in [4.69, 9.17) is 4.74 Å². The fraction of sp³-hybridized carbons (Fsp3) is 0.571. The normalized spacial score (nSPS) is 26.0. The minimum Gasteiger partial charge on any atom is -0.427 e. The maximum atomic E-state index is 12.2. The number of hydrogen-bond donors (Lipinski definition) is 1. The van der Waals surface area contributed by atoms with Gasteiger partial charge in [0.25, 0.3) is 5.72 Å². The van der Waals surface area contributed by atoms with Crippen LogP contribution in [-0.4, -0.2) is 27.6 Å². The van der Waals surface area contributed by atoms with Crippen LogP contribution in [0.4, 0.5) is 0 Å². The van der Waals surface area contributed by atoms with E-state index in [1.807, 2.05) is 0 Å². The third-order valence-electron chi connectivity index (χ3n) is 3.91. The van der Waals surface area contributed by atoms with Crippen LogP contribution in [0.1, 0.15) is 44.2 Å². The number of aromatic nitrogens is 3. The van der Waals surface area contributed by atoms with Crippen molar-refractivity contribution < 1.29 is 9.53 Å². The van der Waals surface area contributed by atoms with Gasteiger partial charge in [-0.05, 0) is 30.9 Å². The first-order valence-electron chi connectivity index (χ1n) is 7.10. The fourth-order valence-corrected chi connectivity index (χ4v) is 2.85. The van der Waals surface area contributed by atoms with E-state index in [-0.39, 0.29) is 5.97 Å². The first-order valence-corrected chi connectivity index (χ1v) is 7.10. The van der Waals surface area contributed by atoms with Crippen molar-refractivity contribution in [2.24, 2.45) is 10.9 Å². The average Bonchev–Trinajstić information content (AvgIpc) is 3.10. The summed E-state index contributed by atoms with van der Waals surface area (Å²) in [6, 6.07) is 0. The molecular formula is C14H18N4O2. The molecule has 0 amide bonds. The number of carbonyl (C=O) groups excluding carboxylic acids is 1. The lowest BCUT2D eigenvalue weighted by atomic mass is 9.87. The van der Waals surface area contributed by atoms with Gasteiger partial charge in [0.2, 0.25) is 0 Å². The highest BCUT2D eigenvalue weighted by molar-refractivity contribution is 5.77. The summed E-state index contributed by atoms with van der Waals surface area (Å²) in [7, 11) is 0. The minimum absolute atomic E-state index is 0.219. The van der Waals surface area contributed by atoms with E-state index in [1.165, 1.54) is 25.5 Å². The molecule has 0 radical (unpaired) electrons. The molecule has 1 aliphatic carbocycles. The molecule has 1 saturated carbocycles. The van der Waals surface area contributed by atoms with Gasteiger partial charge in [-0.1, -0.05) is 19.3 Å². The van der Waals surface area contributed by atoms with Gasteiger partial charge in [-0.3, -0.25) is 4.79 Å². The smallest absolute Gasteiger partial charge is 0.308 e. The molecule has 2 aliphatic rings. The number of esters is 1. The number of rotatable bonds is 4.